The number of phenols is 1. The Hall–Kier alpha value is -8.68. The first-order chi connectivity index (χ1) is 44.1. The van der Waals surface area contributed by atoms with E-state index in [1.165, 1.54) is 30.2 Å². The van der Waals surface area contributed by atoms with Crippen LogP contribution < -0.4 is 33.4 Å². The van der Waals surface area contributed by atoms with Crippen LogP contribution in [-0.4, -0.2) is 87.2 Å². The van der Waals surface area contributed by atoms with Gasteiger partial charge >= 0.3 is 24.8 Å². The number of hydrogen-bond acceptors (Lipinski definition) is 20. The number of rotatable bonds is 11. The number of thiol groups is 1. The van der Waals surface area contributed by atoms with Gasteiger partial charge in [0.15, 0.2) is 4.30 Å². The number of aromatic hydroxyl groups is 1. The molecule has 92 heavy (non-hydrogen) atoms. The molecular formula is C66H69BBr2Cl3N16O3S. The number of benzene rings is 6. The van der Waals surface area contributed by atoms with Crippen LogP contribution in [0.25, 0.3) is 22.5 Å². The maximum atomic E-state index is 9.34. The van der Waals surface area contributed by atoms with Gasteiger partial charge in [-0.25, -0.2) is 39.9 Å². The molecule has 0 amide bonds. The molecule has 11 aromatic rings. The van der Waals surface area contributed by atoms with Gasteiger partial charge in [0.05, 0.1) is 66.1 Å². The van der Waals surface area contributed by atoms with Crippen LogP contribution in [0.15, 0.2) is 228 Å². The molecule has 1 saturated heterocycles. The van der Waals surface area contributed by atoms with Crippen LogP contribution in [0.1, 0.15) is 57.9 Å². The normalized spacial score (nSPS) is 10.5. The summed E-state index contributed by atoms with van der Waals surface area (Å²) in [5.74, 6) is 3.42. The Labute approximate surface area is 576 Å². The van der Waals surface area contributed by atoms with Gasteiger partial charge in [0.25, 0.3) is 0 Å². The second-order valence-corrected chi connectivity index (χ2v) is 21.8. The molecule has 0 unspecified atom stereocenters. The van der Waals surface area contributed by atoms with Gasteiger partial charge in [-0.2, -0.15) is 0 Å². The van der Waals surface area contributed by atoms with E-state index >= 15 is 0 Å². The van der Waals surface area contributed by atoms with Gasteiger partial charge in [0, 0.05) is 74.8 Å². The minimum absolute atomic E-state index is 0. The van der Waals surface area contributed by atoms with Crippen molar-refractivity contribution in [2.75, 3.05) is 49.0 Å². The Balaban J connectivity index is 0.000000240. The number of nitrogens with two attached hydrogens (primary N) is 5. The molecule has 1 aliphatic rings. The fourth-order valence-electron chi connectivity index (χ4n) is 7.84. The summed E-state index contributed by atoms with van der Waals surface area (Å²) in [5, 5.41) is 9.34. The zero-order chi connectivity index (χ0) is 65.4. The van der Waals surface area contributed by atoms with E-state index < -0.39 is 4.30 Å². The van der Waals surface area contributed by atoms with Gasteiger partial charge in [0.1, 0.15) is 45.2 Å². The van der Waals surface area contributed by atoms with Crippen LogP contribution in [-0.2, 0) is 30.4 Å². The molecule has 0 atom stereocenters. The van der Waals surface area contributed by atoms with Crippen LogP contribution >= 0.6 is 80.5 Å². The molecule has 0 saturated carbocycles. The first-order valence-electron chi connectivity index (χ1n) is 27.8. The molecule has 1 aliphatic heterocycles. The van der Waals surface area contributed by atoms with Gasteiger partial charge in [-0.1, -0.05) is 156 Å². The van der Waals surface area contributed by atoms with Crippen molar-refractivity contribution in [3.63, 3.8) is 0 Å². The second-order valence-electron chi connectivity index (χ2n) is 18.8. The average Bonchev–Trinajstić information content (AvgIpc) is 1.19. The molecule has 19 nitrogen and oxygen atoms in total. The monoisotopic (exact) mass is 1440 g/mol. The predicted molar refractivity (Wildman–Crippen MR) is 385 cm³/mol. The van der Waals surface area contributed by atoms with E-state index in [0.717, 1.165) is 81.8 Å². The Morgan fingerprint density at radius 3 is 1.22 bits per heavy atom. The van der Waals surface area contributed by atoms with E-state index in [4.69, 9.17) is 72.9 Å². The molecule has 475 valence electrons. The van der Waals surface area contributed by atoms with Crippen molar-refractivity contribution in [2.24, 2.45) is 4.30 Å². The molecule has 1 radical (unpaired) electrons. The number of ether oxygens (including phenoxy) is 2. The molecule has 11 N–H and O–H groups in total. The summed E-state index contributed by atoms with van der Waals surface area (Å²) < 4.78 is 12.8. The number of anilines is 5. The van der Waals surface area contributed by atoms with Gasteiger partial charge in [0.2, 0.25) is 0 Å². The number of methoxy groups -OCH3 is 1. The van der Waals surface area contributed by atoms with Crippen molar-refractivity contribution in [3.05, 3.63) is 269 Å². The fourth-order valence-corrected chi connectivity index (χ4v) is 8.16. The van der Waals surface area contributed by atoms with Crippen molar-refractivity contribution in [1.29, 1.82) is 0 Å². The summed E-state index contributed by atoms with van der Waals surface area (Å²) in [4.78, 5) is 41.7. The third kappa shape index (κ3) is 30.0. The number of halogens is 5. The van der Waals surface area contributed by atoms with Crippen molar-refractivity contribution in [1.82, 2.24) is 49.8 Å². The van der Waals surface area contributed by atoms with Crippen molar-refractivity contribution < 1.29 is 14.6 Å². The van der Waals surface area contributed by atoms with Crippen molar-refractivity contribution in [2.45, 2.75) is 42.8 Å². The summed E-state index contributed by atoms with van der Waals surface area (Å²) >= 11 is 20.9. The van der Waals surface area contributed by atoms with Crippen LogP contribution in [0.4, 0.5) is 29.1 Å². The second kappa shape index (κ2) is 43.9. The van der Waals surface area contributed by atoms with Gasteiger partial charge in [-0.05, 0) is 99.6 Å². The van der Waals surface area contributed by atoms with Gasteiger partial charge in [-0.3, -0.25) is 9.97 Å². The maximum absolute atomic E-state index is 9.34. The molecule has 1 fully saturated rings. The topological polar surface area (TPSA) is 310 Å². The van der Waals surface area contributed by atoms with Crippen molar-refractivity contribution >= 4 is 117 Å². The fraction of sp³-hybridized carbons (Fsp3) is 0.152. The molecule has 0 bridgehead atoms. The number of hydrogen-bond donors (Lipinski definition) is 7. The summed E-state index contributed by atoms with van der Waals surface area (Å²) in [7, 11) is 5.99. The van der Waals surface area contributed by atoms with E-state index in [2.05, 4.69) is 103 Å². The summed E-state index contributed by atoms with van der Waals surface area (Å²) in [5.41, 5.74) is 39.8. The predicted octanol–water partition coefficient (Wildman–Crippen LogP) is 14.0. The third-order valence-corrected chi connectivity index (χ3v) is 12.6. The summed E-state index contributed by atoms with van der Waals surface area (Å²) in [6.07, 6.45) is 18.2. The first-order valence-corrected chi connectivity index (χ1v) is 30.3. The minimum atomic E-state index is -0.750. The molecular weight excluding hydrogens is 1370 g/mol. The van der Waals surface area contributed by atoms with Gasteiger partial charge < -0.3 is 43.2 Å². The SMILES string of the molecule is Br.C1CCOC1.COc1ccc(-c2cnc(N)c(Cc3ccccc3)n2)cc1.ClC(Cl)Cl.Nc1cnccn1.Nc1ncc(-c2ccc(O)cc2)nc1Cc1ccccc1.Nc1ncc(Br)nc1Cc1ccccc1.Nc1nccnc1Cc1ccccc1.[B]=NS. The summed E-state index contributed by atoms with van der Waals surface area (Å²) in [6, 6.07) is 54.9. The van der Waals surface area contributed by atoms with E-state index in [-0.39, 0.29) is 22.7 Å². The zero-order valence-corrected chi connectivity index (χ0v) is 56.5. The summed E-state index contributed by atoms with van der Waals surface area (Å²) in [6.45, 7) is 2.00. The van der Waals surface area contributed by atoms with E-state index in [9.17, 15) is 5.11 Å². The molecule has 26 heteroatoms. The number of nitrogens with zero attached hydrogens (tertiary/aromatic N) is 11. The van der Waals surface area contributed by atoms with Crippen LogP contribution in [0, 0.1) is 0 Å². The number of phenolic OH excluding ortho intramolecular Hbond substituents is 1. The average molecular weight is 1440 g/mol. The van der Waals surface area contributed by atoms with Crippen LogP contribution in [0.2, 0.25) is 0 Å². The third-order valence-electron chi connectivity index (χ3n) is 12.2. The number of alkyl halides is 3. The molecule has 0 aliphatic carbocycles. The Kier molecular flexibility index (Phi) is 36.2. The number of aromatic nitrogens is 10. The zero-order valence-electron chi connectivity index (χ0n) is 50.0. The molecule has 0 spiro atoms. The molecule has 12 rings (SSSR count). The molecule has 5 aromatic heterocycles. The molecule has 6 heterocycles. The van der Waals surface area contributed by atoms with Crippen LogP contribution in [0.3, 0.4) is 0 Å². The number of nitrogen functional groups attached to an aromatic ring is 5. The van der Waals surface area contributed by atoms with Crippen LogP contribution in [0.5, 0.6) is 11.5 Å². The van der Waals surface area contributed by atoms with E-state index in [1.807, 2.05) is 146 Å². The quantitative estimate of drug-likeness (QED) is 0.0359. The standard InChI is InChI=1S/C18H17N3O.C17H15N3O.C11H10BrN3.C11H11N3.C4H5N3.C4H8O.CHCl3.BHNS.BrH/c1-22-15-9-7-14(8-10-15)17-12-20-18(19)16(21-17)11-13-5-3-2-4-6-13;18-17-15(10-12-4-2-1-3-5-12)20-16(11-19-17)13-6-8-14(21)9-7-13;12-10-7-14-11(13)9(15-10)6-8-4-2-1-3-5-8;12-11-10(13-6-7-14-11)8-9-4-2-1-3-5-9;5-4-3-6-1-2-7-4;1-2-4-5-3-1;2-1(3)4;1-2-3;/h2-10,12H,11H2,1H3,(H2,19,20);1-9,11,21H,10H2,(H2,18,19);1-5,7H,6H2,(H2,13,14);1-7H,8H2,(H2,12,14);1-3H,(H2,5,7);1-4H2;1H;3H;1H. The molecule has 6 aromatic carbocycles. The van der Waals surface area contributed by atoms with E-state index in [1.54, 1.807) is 62.6 Å². The Morgan fingerprint density at radius 2 is 0.870 bits per heavy atom. The van der Waals surface area contributed by atoms with E-state index in [0.29, 0.717) is 53.0 Å². The van der Waals surface area contributed by atoms with Crippen molar-refractivity contribution in [3.8, 4) is 34.0 Å². The first kappa shape index (κ1) is 75.8. The van der Waals surface area contributed by atoms with Gasteiger partial charge in [-0.15, -0.1) is 17.0 Å². The Morgan fingerprint density at radius 1 is 0.511 bits per heavy atom. The Bertz CT molecular complexity index is 3800.